The molecule has 0 saturated heterocycles. The van der Waals surface area contributed by atoms with Gasteiger partial charge in [-0.1, -0.05) is 25.5 Å². The standard InChI is InChI=1S/C17H26N2/c1-2-19(12-14-4-3-5-14)13-17(10-11-17)15-6-8-16(18)9-7-15/h6-9,14H,2-5,10-13,18H2,1H3. The summed E-state index contributed by atoms with van der Waals surface area (Å²) < 4.78 is 0. The van der Waals surface area contributed by atoms with Gasteiger partial charge in [-0.2, -0.15) is 0 Å². The lowest BCUT2D eigenvalue weighted by Crippen LogP contribution is -2.37. The molecule has 2 nitrogen and oxygen atoms in total. The summed E-state index contributed by atoms with van der Waals surface area (Å²) in [5.74, 6) is 0.974. The molecule has 1 aromatic rings. The highest BCUT2D eigenvalue weighted by molar-refractivity contribution is 5.43. The second-order valence-corrected chi connectivity index (χ2v) is 6.53. The summed E-state index contributed by atoms with van der Waals surface area (Å²) in [5.41, 5.74) is 8.61. The van der Waals surface area contributed by atoms with Gasteiger partial charge in [-0.25, -0.2) is 0 Å². The Balaban J connectivity index is 1.64. The molecule has 0 amide bonds. The normalized spacial score (nSPS) is 21.4. The van der Waals surface area contributed by atoms with Crippen molar-refractivity contribution >= 4 is 5.69 Å². The number of hydrogen-bond acceptors (Lipinski definition) is 2. The van der Waals surface area contributed by atoms with E-state index >= 15 is 0 Å². The highest BCUT2D eigenvalue weighted by Crippen LogP contribution is 2.49. The van der Waals surface area contributed by atoms with E-state index in [4.69, 9.17) is 5.73 Å². The van der Waals surface area contributed by atoms with Crippen LogP contribution in [0.15, 0.2) is 24.3 Å². The number of likely N-dealkylation sites (N-methyl/N-ethyl adjacent to an activating group) is 1. The van der Waals surface area contributed by atoms with E-state index in [0.717, 1.165) is 11.6 Å². The lowest BCUT2D eigenvalue weighted by Gasteiger charge is -2.34. The summed E-state index contributed by atoms with van der Waals surface area (Å²) in [5, 5.41) is 0. The van der Waals surface area contributed by atoms with Gasteiger partial charge in [-0.3, -0.25) is 0 Å². The SMILES string of the molecule is CCN(CC1CCC1)CC1(c2ccc(N)cc2)CC1. The van der Waals surface area contributed by atoms with E-state index in [2.05, 4.69) is 36.1 Å². The predicted molar refractivity (Wildman–Crippen MR) is 81.2 cm³/mol. The highest BCUT2D eigenvalue weighted by Gasteiger charge is 2.45. The summed E-state index contributed by atoms with van der Waals surface area (Å²) in [6, 6.07) is 8.58. The van der Waals surface area contributed by atoms with Crippen molar-refractivity contribution in [3.63, 3.8) is 0 Å². The molecule has 2 saturated carbocycles. The van der Waals surface area contributed by atoms with E-state index < -0.39 is 0 Å². The minimum absolute atomic E-state index is 0.438. The molecule has 0 aliphatic heterocycles. The van der Waals surface area contributed by atoms with Crippen molar-refractivity contribution in [3.8, 4) is 0 Å². The Kier molecular flexibility index (Phi) is 3.53. The third-order valence-corrected chi connectivity index (χ3v) is 5.09. The van der Waals surface area contributed by atoms with Crippen LogP contribution in [0.3, 0.4) is 0 Å². The molecule has 19 heavy (non-hydrogen) atoms. The maximum Gasteiger partial charge on any atom is 0.0314 e. The summed E-state index contributed by atoms with van der Waals surface area (Å²) in [4.78, 5) is 2.67. The minimum atomic E-state index is 0.438. The molecule has 2 aliphatic carbocycles. The molecule has 2 aliphatic rings. The van der Waals surface area contributed by atoms with Crippen LogP contribution in [0.5, 0.6) is 0 Å². The first-order chi connectivity index (χ1) is 9.22. The third kappa shape index (κ3) is 2.79. The third-order valence-electron chi connectivity index (χ3n) is 5.09. The van der Waals surface area contributed by atoms with Crippen molar-refractivity contribution in [1.29, 1.82) is 0 Å². The molecular formula is C17H26N2. The molecule has 0 aromatic heterocycles. The van der Waals surface area contributed by atoms with Crippen LogP contribution >= 0.6 is 0 Å². The topological polar surface area (TPSA) is 29.3 Å². The van der Waals surface area contributed by atoms with Crippen LogP contribution in [0.25, 0.3) is 0 Å². The number of nitrogens with zero attached hydrogens (tertiary/aromatic N) is 1. The largest absolute Gasteiger partial charge is 0.399 e. The summed E-state index contributed by atoms with van der Waals surface area (Å²) in [6.07, 6.45) is 7.04. The van der Waals surface area contributed by atoms with E-state index in [0.29, 0.717) is 5.41 Å². The molecule has 2 heteroatoms. The fourth-order valence-corrected chi connectivity index (χ4v) is 3.30. The maximum absolute atomic E-state index is 5.80. The van der Waals surface area contributed by atoms with Gasteiger partial charge < -0.3 is 10.6 Å². The zero-order valence-electron chi connectivity index (χ0n) is 12.1. The van der Waals surface area contributed by atoms with Crippen LogP contribution in [0, 0.1) is 5.92 Å². The summed E-state index contributed by atoms with van der Waals surface area (Å²) >= 11 is 0. The number of nitrogens with two attached hydrogens (primary N) is 1. The second kappa shape index (κ2) is 5.16. The molecule has 104 valence electrons. The van der Waals surface area contributed by atoms with Crippen molar-refractivity contribution < 1.29 is 0 Å². The summed E-state index contributed by atoms with van der Waals surface area (Å²) in [6.45, 7) is 6.04. The van der Waals surface area contributed by atoms with Gasteiger partial charge in [-0.15, -0.1) is 0 Å². The Morgan fingerprint density at radius 3 is 2.37 bits per heavy atom. The molecule has 0 atom stereocenters. The van der Waals surface area contributed by atoms with Gasteiger partial charge in [0.1, 0.15) is 0 Å². The lowest BCUT2D eigenvalue weighted by molar-refractivity contribution is 0.172. The molecular weight excluding hydrogens is 232 g/mol. The van der Waals surface area contributed by atoms with Crippen molar-refractivity contribution in [2.45, 2.75) is 44.4 Å². The molecule has 0 spiro atoms. The Morgan fingerprint density at radius 1 is 1.21 bits per heavy atom. The smallest absolute Gasteiger partial charge is 0.0314 e. The predicted octanol–water partition coefficient (Wildman–Crippen LogP) is 3.42. The van der Waals surface area contributed by atoms with Crippen LogP contribution < -0.4 is 5.73 Å². The highest BCUT2D eigenvalue weighted by atomic mass is 15.1. The first-order valence-electron chi connectivity index (χ1n) is 7.80. The van der Waals surface area contributed by atoms with Crippen molar-refractivity contribution in [2.24, 2.45) is 5.92 Å². The van der Waals surface area contributed by atoms with Crippen LogP contribution in [0.2, 0.25) is 0 Å². The first-order valence-corrected chi connectivity index (χ1v) is 7.80. The fraction of sp³-hybridized carbons (Fsp3) is 0.647. The van der Waals surface area contributed by atoms with Gasteiger partial charge in [0.15, 0.2) is 0 Å². The van der Waals surface area contributed by atoms with Crippen LogP contribution in [-0.2, 0) is 5.41 Å². The van der Waals surface area contributed by atoms with E-state index in [1.807, 2.05) is 0 Å². The van der Waals surface area contributed by atoms with Gasteiger partial charge in [0, 0.05) is 24.2 Å². The van der Waals surface area contributed by atoms with E-state index in [1.54, 1.807) is 0 Å². The monoisotopic (exact) mass is 258 g/mol. The second-order valence-electron chi connectivity index (χ2n) is 6.53. The average Bonchev–Trinajstić information content (AvgIpc) is 3.14. The number of hydrogen-bond donors (Lipinski definition) is 1. The molecule has 0 radical (unpaired) electrons. The number of nitrogen functional groups attached to an aromatic ring is 1. The Morgan fingerprint density at radius 2 is 1.89 bits per heavy atom. The minimum Gasteiger partial charge on any atom is -0.399 e. The molecule has 0 bridgehead atoms. The van der Waals surface area contributed by atoms with Crippen LogP contribution in [-0.4, -0.2) is 24.5 Å². The Bertz CT molecular complexity index is 415. The van der Waals surface area contributed by atoms with Crippen molar-refractivity contribution in [3.05, 3.63) is 29.8 Å². The van der Waals surface area contributed by atoms with Gasteiger partial charge in [0.25, 0.3) is 0 Å². The van der Waals surface area contributed by atoms with Crippen LogP contribution in [0.1, 0.15) is 44.6 Å². The quantitative estimate of drug-likeness (QED) is 0.792. The Labute approximate surface area is 117 Å². The van der Waals surface area contributed by atoms with Crippen molar-refractivity contribution in [1.82, 2.24) is 4.90 Å². The van der Waals surface area contributed by atoms with Crippen molar-refractivity contribution in [2.75, 3.05) is 25.4 Å². The first kappa shape index (κ1) is 13.0. The lowest BCUT2D eigenvalue weighted by atomic mass is 9.84. The number of benzene rings is 1. The maximum atomic E-state index is 5.80. The zero-order chi connectivity index (χ0) is 13.3. The van der Waals surface area contributed by atoms with E-state index in [9.17, 15) is 0 Å². The van der Waals surface area contributed by atoms with E-state index in [1.165, 1.54) is 57.3 Å². The average molecular weight is 258 g/mol. The fourth-order valence-electron chi connectivity index (χ4n) is 3.30. The molecule has 0 unspecified atom stereocenters. The molecule has 3 rings (SSSR count). The van der Waals surface area contributed by atoms with Gasteiger partial charge in [-0.05, 0) is 55.8 Å². The molecule has 2 N–H and O–H groups in total. The molecule has 0 heterocycles. The van der Waals surface area contributed by atoms with Gasteiger partial charge >= 0.3 is 0 Å². The zero-order valence-corrected chi connectivity index (χ0v) is 12.1. The molecule has 1 aromatic carbocycles. The summed E-state index contributed by atoms with van der Waals surface area (Å²) in [7, 11) is 0. The number of rotatable bonds is 6. The van der Waals surface area contributed by atoms with Crippen LogP contribution in [0.4, 0.5) is 5.69 Å². The Hall–Kier alpha value is -1.02. The van der Waals surface area contributed by atoms with E-state index in [-0.39, 0.29) is 0 Å². The van der Waals surface area contributed by atoms with Gasteiger partial charge in [0.2, 0.25) is 0 Å². The number of anilines is 1. The molecule has 2 fully saturated rings. The van der Waals surface area contributed by atoms with Gasteiger partial charge in [0.05, 0.1) is 0 Å².